The Balaban J connectivity index is 2.86. The predicted octanol–water partition coefficient (Wildman–Crippen LogP) is 2.06. The van der Waals surface area contributed by atoms with E-state index in [0.717, 1.165) is 0 Å². The number of methoxy groups -OCH3 is 1. The summed E-state index contributed by atoms with van der Waals surface area (Å²) >= 11 is 5.84. The second-order valence-corrected chi connectivity index (χ2v) is 4.61. The molecule has 0 atom stereocenters. The molecule has 21 heavy (non-hydrogen) atoms. The Bertz CT molecular complexity index is 561. The van der Waals surface area contributed by atoms with Crippen LogP contribution in [0.3, 0.4) is 0 Å². The average molecular weight is 315 g/mol. The third-order valence-electron chi connectivity index (χ3n) is 2.64. The van der Waals surface area contributed by atoms with Gasteiger partial charge in [0.25, 0.3) is 0 Å². The molecule has 0 saturated carbocycles. The Kier molecular flexibility index (Phi) is 5.98. The number of carbonyl (C=O) groups excluding carboxylic acids is 2. The van der Waals surface area contributed by atoms with Crippen molar-refractivity contribution in [3.63, 3.8) is 0 Å². The number of nitrogens with zero attached hydrogens (tertiary/aromatic N) is 1. The fourth-order valence-corrected chi connectivity index (χ4v) is 1.66. The quantitative estimate of drug-likeness (QED) is 0.811. The van der Waals surface area contributed by atoms with Crippen molar-refractivity contribution in [1.29, 1.82) is 0 Å². The van der Waals surface area contributed by atoms with Gasteiger partial charge < -0.3 is 20.1 Å². The number of urea groups is 1. The summed E-state index contributed by atoms with van der Waals surface area (Å²) in [7, 11) is 2.67. The molecule has 7 nitrogen and oxygen atoms in total. The van der Waals surface area contributed by atoms with Gasteiger partial charge in [-0.25, -0.2) is 9.59 Å². The Morgan fingerprint density at radius 1 is 1.38 bits per heavy atom. The number of aliphatic carboxylic acids is 1. The second-order valence-electron chi connectivity index (χ2n) is 4.18. The normalized spacial score (nSPS) is 9.86. The van der Waals surface area contributed by atoms with E-state index in [1.807, 2.05) is 0 Å². The van der Waals surface area contributed by atoms with Gasteiger partial charge in [0.05, 0.1) is 24.8 Å². The molecule has 1 rings (SSSR count). The molecular weight excluding hydrogens is 300 g/mol. The molecule has 0 saturated heterocycles. The van der Waals surface area contributed by atoms with Crippen molar-refractivity contribution >= 4 is 35.3 Å². The first-order chi connectivity index (χ1) is 9.85. The first-order valence-electron chi connectivity index (χ1n) is 5.97. The molecule has 0 aliphatic heterocycles. The fraction of sp³-hybridized carbons (Fsp3) is 0.308. The maximum Gasteiger partial charge on any atom is 0.339 e. The minimum atomic E-state index is -1.01. The maximum atomic E-state index is 11.9. The molecule has 0 heterocycles. The van der Waals surface area contributed by atoms with E-state index in [4.69, 9.17) is 16.7 Å². The van der Waals surface area contributed by atoms with E-state index in [0.29, 0.717) is 5.02 Å². The van der Waals surface area contributed by atoms with Crippen molar-refractivity contribution in [3.8, 4) is 0 Å². The average Bonchev–Trinajstić information content (AvgIpc) is 2.43. The SMILES string of the molecule is COC(=O)c1ccc(Cl)cc1NC(=O)N(C)CCC(=O)O. The van der Waals surface area contributed by atoms with E-state index in [2.05, 4.69) is 10.1 Å². The summed E-state index contributed by atoms with van der Waals surface area (Å²) in [6.07, 6.45) is -0.177. The number of nitrogens with one attached hydrogen (secondary N) is 1. The Morgan fingerprint density at radius 2 is 2.05 bits per heavy atom. The smallest absolute Gasteiger partial charge is 0.339 e. The topological polar surface area (TPSA) is 95.9 Å². The number of anilines is 1. The summed E-state index contributed by atoms with van der Waals surface area (Å²) in [6, 6.07) is 3.79. The predicted molar refractivity (Wildman–Crippen MR) is 76.7 cm³/mol. The molecule has 2 N–H and O–H groups in total. The number of amides is 2. The third kappa shape index (κ3) is 4.96. The molecule has 2 amide bonds. The van der Waals surface area contributed by atoms with Crippen LogP contribution in [0, 0.1) is 0 Å². The van der Waals surface area contributed by atoms with Crippen molar-refractivity contribution in [3.05, 3.63) is 28.8 Å². The van der Waals surface area contributed by atoms with Crippen LogP contribution in [0.15, 0.2) is 18.2 Å². The summed E-state index contributed by atoms with van der Waals surface area (Å²) in [5.41, 5.74) is 0.350. The minimum Gasteiger partial charge on any atom is -0.481 e. The fourth-order valence-electron chi connectivity index (χ4n) is 1.48. The number of hydrogen-bond acceptors (Lipinski definition) is 4. The van der Waals surface area contributed by atoms with Gasteiger partial charge in [-0.3, -0.25) is 4.79 Å². The summed E-state index contributed by atoms with van der Waals surface area (Å²) in [5.74, 6) is -1.62. The largest absolute Gasteiger partial charge is 0.481 e. The van der Waals surface area contributed by atoms with Crippen molar-refractivity contribution < 1.29 is 24.2 Å². The Hall–Kier alpha value is -2.28. The lowest BCUT2D eigenvalue weighted by molar-refractivity contribution is -0.137. The number of rotatable bonds is 5. The van der Waals surface area contributed by atoms with Crippen LogP contribution in [0.4, 0.5) is 10.5 Å². The molecule has 0 aliphatic carbocycles. The van der Waals surface area contributed by atoms with Crippen LogP contribution in [0.1, 0.15) is 16.8 Å². The van der Waals surface area contributed by atoms with Gasteiger partial charge >= 0.3 is 18.0 Å². The van der Waals surface area contributed by atoms with Crippen LogP contribution in [-0.2, 0) is 9.53 Å². The standard InChI is InChI=1S/C13H15ClN2O5/c1-16(6-5-11(17)18)13(20)15-10-7-8(14)3-4-9(10)12(19)21-2/h3-4,7H,5-6H2,1-2H3,(H,15,20)(H,17,18). The molecule has 0 aromatic heterocycles. The number of benzene rings is 1. The van der Waals surface area contributed by atoms with Crippen LogP contribution < -0.4 is 5.32 Å². The lowest BCUT2D eigenvalue weighted by Crippen LogP contribution is -2.33. The van der Waals surface area contributed by atoms with Gasteiger partial charge in [-0.1, -0.05) is 11.6 Å². The van der Waals surface area contributed by atoms with Crippen LogP contribution in [0.2, 0.25) is 5.02 Å². The van der Waals surface area contributed by atoms with Gasteiger partial charge in [-0.2, -0.15) is 0 Å². The van der Waals surface area contributed by atoms with E-state index in [1.165, 1.54) is 37.3 Å². The monoisotopic (exact) mass is 314 g/mol. The molecule has 0 unspecified atom stereocenters. The molecule has 1 aromatic rings. The lowest BCUT2D eigenvalue weighted by Gasteiger charge is -2.18. The first kappa shape index (κ1) is 16.8. The highest BCUT2D eigenvalue weighted by Gasteiger charge is 2.16. The first-order valence-corrected chi connectivity index (χ1v) is 6.34. The van der Waals surface area contributed by atoms with Gasteiger partial charge in [-0.15, -0.1) is 0 Å². The highest BCUT2D eigenvalue weighted by atomic mass is 35.5. The zero-order valence-corrected chi connectivity index (χ0v) is 12.3. The molecule has 0 spiro atoms. The van der Waals surface area contributed by atoms with Crippen molar-refractivity contribution in [2.75, 3.05) is 26.0 Å². The van der Waals surface area contributed by atoms with E-state index in [1.54, 1.807) is 0 Å². The highest BCUT2D eigenvalue weighted by Crippen LogP contribution is 2.22. The van der Waals surface area contributed by atoms with Crippen molar-refractivity contribution in [2.24, 2.45) is 0 Å². The van der Waals surface area contributed by atoms with Gasteiger partial charge in [0, 0.05) is 18.6 Å². The third-order valence-corrected chi connectivity index (χ3v) is 2.87. The second kappa shape index (κ2) is 7.49. The summed E-state index contributed by atoms with van der Waals surface area (Å²) in [5, 5.41) is 11.4. The van der Waals surface area contributed by atoms with Crippen LogP contribution in [0.25, 0.3) is 0 Å². The molecule has 0 aliphatic rings. The van der Waals surface area contributed by atoms with Gasteiger partial charge in [0.2, 0.25) is 0 Å². The number of carbonyl (C=O) groups is 3. The zero-order chi connectivity index (χ0) is 16.0. The van der Waals surface area contributed by atoms with E-state index < -0.39 is 18.0 Å². The van der Waals surface area contributed by atoms with Crippen LogP contribution in [0.5, 0.6) is 0 Å². The Labute approximate surface area is 126 Å². The van der Waals surface area contributed by atoms with Crippen LogP contribution in [-0.4, -0.2) is 48.7 Å². The van der Waals surface area contributed by atoms with Crippen LogP contribution >= 0.6 is 11.6 Å². The molecule has 0 radical (unpaired) electrons. The van der Waals surface area contributed by atoms with Gasteiger partial charge in [0.1, 0.15) is 0 Å². The highest BCUT2D eigenvalue weighted by molar-refractivity contribution is 6.31. The molecule has 114 valence electrons. The number of carboxylic acid groups (broad SMARTS) is 1. The summed E-state index contributed by atoms with van der Waals surface area (Å²) in [4.78, 5) is 35.2. The molecular formula is C13H15ClN2O5. The minimum absolute atomic E-state index is 0.0370. The van der Waals surface area contributed by atoms with Crippen molar-refractivity contribution in [2.45, 2.75) is 6.42 Å². The van der Waals surface area contributed by atoms with Gasteiger partial charge in [-0.05, 0) is 18.2 Å². The molecule has 8 heteroatoms. The number of hydrogen-bond donors (Lipinski definition) is 2. The Morgan fingerprint density at radius 3 is 2.62 bits per heavy atom. The molecule has 0 fully saturated rings. The van der Waals surface area contributed by atoms with Crippen molar-refractivity contribution in [1.82, 2.24) is 4.90 Å². The lowest BCUT2D eigenvalue weighted by atomic mass is 10.2. The molecule has 0 bridgehead atoms. The zero-order valence-electron chi connectivity index (χ0n) is 11.6. The van der Waals surface area contributed by atoms with E-state index in [-0.39, 0.29) is 24.2 Å². The number of ether oxygens (including phenoxy) is 1. The number of halogens is 1. The van der Waals surface area contributed by atoms with E-state index >= 15 is 0 Å². The van der Waals surface area contributed by atoms with Gasteiger partial charge in [0.15, 0.2) is 0 Å². The summed E-state index contributed by atoms with van der Waals surface area (Å²) < 4.78 is 4.61. The maximum absolute atomic E-state index is 11.9. The molecule has 1 aromatic carbocycles. The summed E-state index contributed by atoms with van der Waals surface area (Å²) in [6.45, 7) is 0.0370. The van der Waals surface area contributed by atoms with E-state index in [9.17, 15) is 14.4 Å². The number of esters is 1. The number of carboxylic acids is 1.